The van der Waals surface area contributed by atoms with Crippen LogP contribution in [0.15, 0.2) is 41.1 Å². The van der Waals surface area contributed by atoms with Crippen molar-refractivity contribution in [1.82, 2.24) is 9.88 Å². The first kappa shape index (κ1) is 13.7. The minimum Gasteiger partial charge on any atom is -0.317 e. The minimum atomic E-state index is -0.0484. The van der Waals surface area contributed by atoms with Crippen LogP contribution in [0.25, 0.3) is 10.2 Å². The van der Waals surface area contributed by atoms with Crippen LogP contribution in [-0.4, -0.2) is 22.5 Å². The number of nitrogens with one attached hydrogen (secondary N) is 1. The fraction of sp³-hybridized carbons (Fsp3) is 0.250. The number of benzene rings is 1. The van der Waals surface area contributed by atoms with E-state index in [9.17, 15) is 4.79 Å². The zero-order valence-electron chi connectivity index (χ0n) is 11.9. The summed E-state index contributed by atoms with van der Waals surface area (Å²) in [5.74, 6) is 0. The first-order valence-electron chi connectivity index (χ1n) is 7.26. The maximum Gasteiger partial charge on any atom is 0.324 e. The summed E-state index contributed by atoms with van der Waals surface area (Å²) in [4.78, 5) is 19.0. The maximum absolute atomic E-state index is 12.6. The van der Waals surface area contributed by atoms with Crippen LogP contribution in [0.2, 0.25) is 0 Å². The smallest absolute Gasteiger partial charge is 0.317 e. The van der Waals surface area contributed by atoms with Crippen molar-refractivity contribution in [3.8, 4) is 0 Å². The Hall–Kier alpha value is -1.92. The van der Waals surface area contributed by atoms with Gasteiger partial charge in [0.05, 0.1) is 16.3 Å². The molecule has 6 heteroatoms. The van der Waals surface area contributed by atoms with E-state index in [0.29, 0.717) is 5.13 Å². The Labute approximate surface area is 136 Å². The summed E-state index contributed by atoms with van der Waals surface area (Å²) >= 11 is 3.19. The van der Waals surface area contributed by atoms with Gasteiger partial charge in [0.1, 0.15) is 0 Å². The van der Waals surface area contributed by atoms with Gasteiger partial charge in [-0.2, -0.15) is 11.3 Å². The predicted octanol–water partition coefficient (Wildman–Crippen LogP) is 4.73. The zero-order chi connectivity index (χ0) is 14.9. The molecule has 22 heavy (non-hydrogen) atoms. The molecule has 1 aliphatic heterocycles. The summed E-state index contributed by atoms with van der Waals surface area (Å²) in [5, 5.41) is 7.83. The Morgan fingerprint density at radius 1 is 1.32 bits per heavy atom. The number of urea groups is 1. The third-order valence-electron chi connectivity index (χ3n) is 3.95. The van der Waals surface area contributed by atoms with Crippen molar-refractivity contribution in [3.63, 3.8) is 0 Å². The number of nitrogens with zero attached hydrogens (tertiary/aromatic N) is 2. The van der Waals surface area contributed by atoms with Crippen LogP contribution in [0.1, 0.15) is 24.4 Å². The second-order valence-electron chi connectivity index (χ2n) is 5.32. The lowest BCUT2D eigenvalue weighted by atomic mass is 10.1. The highest BCUT2D eigenvalue weighted by Gasteiger charge is 2.30. The number of anilines is 1. The Balaban J connectivity index is 1.53. The molecule has 112 valence electrons. The molecule has 0 spiro atoms. The number of likely N-dealkylation sites (tertiary alicyclic amines) is 1. The van der Waals surface area contributed by atoms with E-state index in [1.165, 1.54) is 16.9 Å². The third-order valence-corrected chi connectivity index (χ3v) is 5.60. The average molecular weight is 329 g/mol. The van der Waals surface area contributed by atoms with Crippen molar-refractivity contribution in [2.75, 3.05) is 11.9 Å². The summed E-state index contributed by atoms with van der Waals surface area (Å²) in [5.41, 5.74) is 2.17. The van der Waals surface area contributed by atoms with Crippen LogP contribution >= 0.6 is 22.7 Å². The Kier molecular flexibility index (Phi) is 3.56. The lowest BCUT2D eigenvalue weighted by Crippen LogP contribution is -2.34. The summed E-state index contributed by atoms with van der Waals surface area (Å²) in [6.45, 7) is 0.803. The molecule has 1 fully saturated rings. The maximum atomic E-state index is 12.6. The molecule has 1 atom stereocenters. The third kappa shape index (κ3) is 2.48. The average Bonchev–Trinajstić information content (AvgIpc) is 3.25. The van der Waals surface area contributed by atoms with E-state index < -0.39 is 0 Å². The lowest BCUT2D eigenvalue weighted by Gasteiger charge is -2.23. The summed E-state index contributed by atoms with van der Waals surface area (Å²) in [6.07, 6.45) is 2.08. The van der Waals surface area contributed by atoms with Gasteiger partial charge in [-0.15, -0.1) is 0 Å². The van der Waals surface area contributed by atoms with Crippen molar-refractivity contribution in [1.29, 1.82) is 0 Å². The Morgan fingerprint density at radius 3 is 3.05 bits per heavy atom. The van der Waals surface area contributed by atoms with Gasteiger partial charge in [0, 0.05) is 6.54 Å². The number of carbonyl (C=O) groups is 1. The van der Waals surface area contributed by atoms with Crippen LogP contribution in [0.4, 0.5) is 9.93 Å². The van der Waals surface area contributed by atoms with E-state index in [4.69, 9.17) is 0 Å². The monoisotopic (exact) mass is 329 g/mol. The number of aromatic nitrogens is 1. The normalized spacial score (nSPS) is 18.0. The van der Waals surface area contributed by atoms with Gasteiger partial charge < -0.3 is 4.90 Å². The van der Waals surface area contributed by atoms with E-state index in [-0.39, 0.29) is 12.1 Å². The standard InChI is InChI=1S/C16H15N3OS2/c20-16(18-15-17-12-4-1-2-6-14(12)22-15)19-8-3-5-13(19)11-7-9-21-10-11/h1-2,4,6-7,9-10,13H,3,5,8H2,(H,17,18,20). The first-order chi connectivity index (χ1) is 10.8. The highest BCUT2D eigenvalue weighted by molar-refractivity contribution is 7.22. The molecule has 1 unspecified atom stereocenters. The van der Waals surface area contributed by atoms with Crippen molar-refractivity contribution in [3.05, 3.63) is 46.7 Å². The highest BCUT2D eigenvalue weighted by Crippen LogP contribution is 2.34. The van der Waals surface area contributed by atoms with Gasteiger partial charge in [0.15, 0.2) is 5.13 Å². The number of hydrogen-bond donors (Lipinski definition) is 1. The van der Waals surface area contributed by atoms with Gasteiger partial charge in [-0.1, -0.05) is 23.5 Å². The van der Waals surface area contributed by atoms with Crippen LogP contribution < -0.4 is 5.32 Å². The number of thiophene rings is 1. The van der Waals surface area contributed by atoms with E-state index >= 15 is 0 Å². The van der Waals surface area contributed by atoms with Crippen molar-refractivity contribution >= 4 is 44.1 Å². The van der Waals surface area contributed by atoms with Gasteiger partial charge in [0.2, 0.25) is 0 Å². The molecule has 1 saturated heterocycles. The molecule has 4 rings (SSSR count). The number of amides is 2. The van der Waals surface area contributed by atoms with E-state index in [1.54, 1.807) is 11.3 Å². The number of para-hydroxylation sites is 1. The molecular weight excluding hydrogens is 314 g/mol. The molecule has 3 heterocycles. The second kappa shape index (κ2) is 5.70. The van der Waals surface area contributed by atoms with Gasteiger partial charge in [0.25, 0.3) is 0 Å². The van der Waals surface area contributed by atoms with Crippen LogP contribution in [-0.2, 0) is 0 Å². The molecule has 0 bridgehead atoms. The van der Waals surface area contributed by atoms with E-state index in [1.807, 2.05) is 29.2 Å². The van der Waals surface area contributed by atoms with Gasteiger partial charge in [-0.05, 0) is 47.4 Å². The number of thiazole rings is 1. The van der Waals surface area contributed by atoms with Crippen LogP contribution in [0.3, 0.4) is 0 Å². The van der Waals surface area contributed by atoms with Crippen molar-refractivity contribution < 1.29 is 4.79 Å². The molecule has 1 N–H and O–H groups in total. The molecule has 2 amide bonds. The van der Waals surface area contributed by atoms with Crippen molar-refractivity contribution in [2.45, 2.75) is 18.9 Å². The van der Waals surface area contributed by atoms with Gasteiger partial charge >= 0.3 is 6.03 Å². The Bertz CT molecular complexity index is 764. The summed E-state index contributed by atoms with van der Waals surface area (Å²) < 4.78 is 1.09. The largest absolute Gasteiger partial charge is 0.324 e. The van der Waals surface area contributed by atoms with Crippen molar-refractivity contribution in [2.24, 2.45) is 0 Å². The molecule has 1 aromatic carbocycles. The molecule has 3 aromatic rings. The number of carbonyl (C=O) groups excluding carboxylic acids is 1. The fourth-order valence-corrected chi connectivity index (χ4v) is 4.47. The summed E-state index contributed by atoms with van der Waals surface area (Å²) in [6, 6.07) is 10.2. The van der Waals surface area contributed by atoms with Crippen LogP contribution in [0.5, 0.6) is 0 Å². The number of rotatable bonds is 2. The molecule has 0 radical (unpaired) electrons. The predicted molar refractivity (Wildman–Crippen MR) is 91.6 cm³/mol. The topological polar surface area (TPSA) is 45.2 Å². The Morgan fingerprint density at radius 2 is 2.23 bits per heavy atom. The molecule has 2 aromatic heterocycles. The van der Waals surface area contributed by atoms with E-state index in [2.05, 4.69) is 27.1 Å². The molecule has 4 nitrogen and oxygen atoms in total. The first-order valence-corrected chi connectivity index (χ1v) is 9.02. The molecule has 1 aliphatic rings. The van der Waals surface area contributed by atoms with Gasteiger partial charge in [-0.3, -0.25) is 5.32 Å². The SMILES string of the molecule is O=C(Nc1nc2ccccc2s1)N1CCCC1c1ccsc1. The minimum absolute atomic E-state index is 0.0484. The fourth-order valence-electron chi connectivity index (χ4n) is 2.91. The second-order valence-corrected chi connectivity index (χ2v) is 7.14. The molecular formula is C16H15N3OS2. The van der Waals surface area contributed by atoms with E-state index in [0.717, 1.165) is 29.6 Å². The molecule has 0 aliphatic carbocycles. The quantitative estimate of drug-likeness (QED) is 0.739. The number of hydrogen-bond acceptors (Lipinski definition) is 4. The zero-order valence-corrected chi connectivity index (χ0v) is 13.5. The highest BCUT2D eigenvalue weighted by atomic mass is 32.1. The molecule has 0 saturated carbocycles. The lowest BCUT2D eigenvalue weighted by molar-refractivity contribution is 0.207. The van der Waals surface area contributed by atoms with Crippen LogP contribution in [0, 0.1) is 0 Å². The number of fused-ring (bicyclic) bond motifs is 1. The summed E-state index contributed by atoms with van der Waals surface area (Å²) in [7, 11) is 0. The van der Waals surface area contributed by atoms with Gasteiger partial charge in [-0.25, -0.2) is 9.78 Å².